The van der Waals surface area contributed by atoms with Gasteiger partial charge in [-0.3, -0.25) is 0 Å². The number of aliphatic hydroxyl groups excluding tert-OH is 1. The summed E-state index contributed by atoms with van der Waals surface area (Å²) < 4.78 is 23.4. The molecule has 0 radical (unpaired) electrons. The van der Waals surface area contributed by atoms with Crippen molar-refractivity contribution in [1.82, 2.24) is 0 Å². The van der Waals surface area contributed by atoms with Gasteiger partial charge >= 0.3 is 5.97 Å². The van der Waals surface area contributed by atoms with Gasteiger partial charge in [-0.1, -0.05) is 34.6 Å². The molecule has 0 bridgehead atoms. The average Bonchev–Trinajstić information content (AvgIpc) is 2.81. The zero-order valence-electron chi connectivity index (χ0n) is 20.1. The molecule has 0 amide bonds. The van der Waals surface area contributed by atoms with Crippen LogP contribution in [0.5, 0.6) is 28.7 Å². The molecule has 32 heavy (non-hydrogen) atoms. The molecule has 0 aliphatic carbocycles. The molecular weight excluding hydrogens is 408 g/mol. The SMILES string of the molecule is COc1c(C(O)CC(C)(C)C)ccc2c1C(=O)Oc1cc(C)cc(OCCC(C)C)c1O2. The van der Waals surface area contributed by atoms with Gasteiger partial charge in [0.25, 0.3) is 0 Å². The molecule has 1 atom stereocenters. The zero-order chi connectivity index (χ0) is 23.6. The van der Waals surface area contributed by atoms with Crippen molar-refractivity contribution in [2.75, 3.05) is 13.7 Å². The summed E-state index contributed by atoms with van der Waals surface area (Å²) in [6.45, 7) is 12.8. The van der Waals surface area contributed by atoms with Crippen LogP contribution in [0.3, 0.4) is 0 Å². The van der Waals surface area contributed by atoms with Crippen molar-refractivity contribution < 1.29 is 28.8 Å². The van der Waals surface area contributed by atoms with Crippen LogP contribution in [0.25, 0.3) is 0 Å². The van der Waals surface area contributed by atoms with Crippen LogP contribution >= 0.6 is 0 Å². The Bertz CT molecular complexity index is 987. The number of hydrogen-bond donors (Lipinski definition) is 1. The molecule has 2 aromatic carbocycles. The van der Waals surface area contributed by atoms with Gasteiger partial charge in [0.05, 0.1) is 19.8 Å². The number of methoxy groups -OCH3 is 1. The maximum atomic E-state index is 13.1. The quantitative estimate of drug-likeness (QED) is 0.405. The first-order valence-electron chi connectivity index (χ1n) is 11.1. The summed E-state index contributed by atoms with van der Waals surface area (Å²) in [4.78, 5) is 13.1. The third-order valence-corrected chi connectivity index (χ3v) is 5.26. The minimum absolute atomic E-state index is 0.107. The number of aryl methyl sites for hydroxylation is 1. The molecule has 1 unspecified atom stereocenters. The molecule has 6 nitrogen and oxygen atoms in total. The van der Waals surface area contributed by atoms with Gasteiger partial charge in [-0.2, -0.15) is 0 Å². The van der Waals surface area contributed by atoms with E-state index < -0.39 is 12.1 Å². The molecule has 3 rings (SSSR count). The Morgan fingerprint density at radius 2 is 1.81 bits per heavy atom. The van der Waals surface area contributed by atoms with Crippen molar-refractivity contribution in [3.05, 3.63) is 41.0 Å². The fraction of sp³-hybridized carbons (Fsp3) is 0.500. The third kappa shape index (κ3) is 5.36. The van der Waals surface area contributed by atoms with Crippen molar-refractivity contribution in [3.63, 3.8) is 0 Å². The van der Waals surface area contributed by atoms with Gasteiger partial charge in [-0.25, -0.2) is 4.79 Å². The number of aliphatic hydroxyl groups is 1. The van der Waals surface area contributed by atoms with Gasteiger partial charge in [-0.05, 0) is 60.9 Å². The Labute approximate surface area is 190 Å². The van der Waals surface area contributed by atoms with Crippen molar-refractivity contribution in [2.45, 2.75) is 60.5 Å². The first-order valence-corrected chi connectivity index (χ1v) is 11.1. The van der Waals surface area contributed by atoms with Gasteiger partial charge in [0.1, 0.15) is 17.1 Å². The Balaban J connectivity index is 2.04. The lowest BCUT2D eigenvalue weighted by atomic mass is 9.86. The number of rotatable bonds is 7. The van der Waals surface area contributed by atoms with Gasteiger partial charge < -0.3 is 24.1 Å². The molecule has 0 spiro atoms. The predicted octanol–water partition coefficient (Wildman–Crippen LogP) is 6.22. The van der Waals surface area contributed by atoms with Gasteiger partial charge in [0.15, 0.2) is 11.5 Å². The van der Waals surface area contributed by atoms with Crippen LogP contribution < -0.4 is 18.9 Å². The molecule has 2 aromatic rings. The number of carbonyl (C=O) groups is 1. The number of carbonyl (C=O) groups excluding carboxylic acids is 1. The number of hydrogen-bond acceptors (Lipinski definition) is 6. The molecule has 0 saturated heterocycles. The maximum Gasteiger partial charge on any atom is 0.351 e. The highest BCUT2D eigenvalue weighted by Gasteiger charge is 2.32. The summed E-state index contributed by atoms with van der Waals surface area (Å²) in [5.74, 6) is 1.64. The van der Waals surface area contributed by atoms with Gasteiger partial charge in [0.2, 0.25) is 5.75 Å². The van der Waals surface area contributed by atoms with Crippen LogP contribution in [-0.4, -0.2) is 24.8 Å². The Morgan fingerprint density at radius 1 is 1.09 bits per heavy atom. The summed E-state index contributed by atoms with van der Waals surface area (Å²) >= 11 is 0. The second-order valence-corrected chi connectivity index (χ2v) is 9.95. The van der Waals surface area contributed by atoms with E-state index in [0.717, 1.165) is 12.0 Å². The largest absolute Gasteiger partial charge is 0.495 e. The van der Waals surface area contributed by atoms with E-state index in [2.05, 4.69) is 13.8 Å². The number of esters is 1. The summed E-state index contributed by atoms with van der Waals surface area (Å²) in [5.41, 5.74) is 1.46. The fourth-order valence-corrected chi connectivity index (χ4v) is 3.69. The molecule has 0 aromatic heterocycles. The lowest BCUT2D eigenvalue weighted by Crippen LogP contribution is -2.15. The van der Waals surface area contributed by atoms with E-state index in [1.807, 2.05) is 33.8 Å². The summed E-state index contributed by atoms with van der Waals surface area (Å²) in [7, 11) is 1.47. The summed E-state index contributed by atoms with van der Waals surface area (Å²) in [5, 5.41) is 10.8. The van der Waals surface area contributed by atoms with Gasteiger partial charge in [-0.15, -0.1) is 0 Å². The van der Waals surface area contributed by atoms with E-state index in [4.69, 9.17) is 18.9 Å². The van der Waals surface area contributed by atoms with Crippen LogP contribution in [0.15, 0.2) is 24.3 Å². The Kier molecular flexibility index (Phi) is 7.03. The van der Waals surface area contributed by atoms with Crippen molar-refractivity contribution in [2.24, 2.45) is 11.3 Å². The van der Waals surface area contributed by atoms with Crippen molar-refractivity contribution in [1.29, 1.82) is 0 Å². The minimum atomic E-state index is -0.800. The van der Waals surface area contributed by atoms with Crippen LogP contribution in [0.2, 0.25) is 0 Å². The van der Waals surface area contributed by atoms with Gasteiger partial charge in [0, 0.05) is 5.56 Å². The standard InChI is InChI=1S/C26H34O6/c1-15(2)10-11-30-20-12-16(3)13-21-24(20)31-19-9-8-17(18(27)14-26(4,5)6)23(29-7)22(19)25(28)32-21/h8-9,12-13,15,18,27H,10-11,14H2,1-7H3. The molecule has 174 valence electrons. The molecular formula is C26H34O6. The summed E-state index contributed by atoms with van der Waals surface area (Å²) in [6, 6.07) is 7.03. The molecule has 0 fully saturated rings. The number of benzene rings is 2. The predicted molar refractivity (Wildman–Crippen MR) is 123 cm³/mol. The Morgan fingerprint density at radius 3 is 2.44 bits per heavy atom. The van der Waals surface area contributed by atoms with Crippen LogP contribution in [-0.2, 0) is 0 Å². The highest BCUT2D eigenvalue weighted by molar-refractivity contribution is 5.99. The van der Waals surface area contributed by atoms with E-state index in [1.165, 1.54) is 7.11 Å². The first kappa shape index (κ1) is 23.9. The lowest BCUT2D eigenvalue weighted by molar-refractivity contribution is 0.0732. The number of fused-ring (bicyclic) bond motifs is 2. The second kappa shape index (κ2) is 9.41. The van der Waals surface area contributed by atoms with Crippen LogP contribution in [0.1, 0.15) is 75.0 Å². The molecule has 1 aliphatic heterocycles. The van der Waals surface area contributed by atoms with E-state index in [1.54, 1.807) is 18.2 Å². The van der Waals surface area contributed by atoms with E-state index in [-0.39, 0.29) is 16.7 Å². The summed E-state index contributed by atoms with van der Waals surface area (Å²) in [6.07, 6.45) is 0.596. The topological polar surface area (TPSA) is 74.2 Å². The highest BCUT2D eigenvalue weighted by Crippen LogP contribution is 2.48. The van der Waals surface area contributed by atoms with Crippen LogP contribution in [0.4, 0.5) is 0 Å². The second-order valence-electron chi connectivity index (χ2n) is 9.95. The lowest BCUT2D eigenvalue weighted by Gasteiger charge is -2.24. The minimum Gasteiger partial charge on any atom is -0.495 e. The average molecular weight is 443 g/mol. The fourth-order valence-electron chi connectivity index (χ4n) is 3.69. The molecule has 1 heterocycles. The zero-order valence-corrected chi connectivity index (χ0v) is 20.1. The van der Waals surface area contributed by atoms with E-state index in [0.29, 0.717) is 47.5 Å². The van der Waals surface area contributed by atoms with Crippen LogP contribution in [0, 0.1) is 18.3 Å². The normalized spacial score (nSPS) is 14.1. The Hall–Kier alpha value is -2.73. The monoisotopic (exact) mass is 442 g/mol. The third-order valence-electron chi connectivity index (χ3n) is 5.26. The van der Waals surface area contributed by atoms with Crippen molar-refractivity contribution >= 4 is 5.97 Å². The molecule has 0 saturated carbocycles. The van der Waals surface area contributed by atoms with E-state index in [9.17, 15) is 9.90 Å². The van der Waals surface area contributed by atoms with E-state index >= 15 is 0 Å². The highest BCUT2D eigenvalue weighted by atomic mass is 16.6. The first-order chi connectivity index (χ1) is 15.0. The molecule has 1 N–H and O–H groups in total. The molecule has 1 aliphatic rings. The maximum absolute atomic E-state index is 13.1. The van der Waals surface area contributed by atoms with Crippen molar-refractivity contribution in [3.8, 4) is 28.7 Å². The molecule has 6 heteroatoms. The number of ether oxygens (including phenoxy) is 4. The smallest absolute Gasteiger partial charge is 0.351 e.